The number of urea groups is 1. The second-order valence-electron chi connectivity index (χ2n) is 6.27. The van der Waals surface area contributed by atoms with Crippen molar-refractivity contribution in [3.05, 3.63) is 16.1 Å². The van der Waals surface area contributed by atoms with Crippen molar-refractivity contribution in [3.63, 3.8) is 0 Å². The summed E-state index contributed by atoms with van der Waals surface area (Å²) in [6.45, 7) is 6.59. The van der Waals surface area contributed by atoms with Gasteiger partial charge in [-0.05, 0) is 32.7 Å². The van der Waals surface area contributed by atoms with Gasteiger partial charge in [0.25, 0.3) is 5.91 Å². The van der Waals surface area contributed by atoms with Gasteiger partial charge in [0.2, 0.25) is 0 Å². The number of likely N-dealkylation sites (tertiary alicyclic amines) is 1. The van der Waals surface area contributed by atoms with Gasteiger partial charge >= 0.3 is 6.03 Å². The van der Waals surface area contributed by atoms with Crippen molar-refractivity contribution in [1.29, 1.82) is 0 Å². The van der Waals surface area contributed by atoms with Crippen LogP contribution < -0.4 is 10.6 Å². The molecule has 1 aromatic heterocycles. The molecule has 2 atom stereocenters. The fraction of sp³-hybridized carbons (Fsp3) is 0.667. The van der Waals surface area contributed by atoms with Crippen LogP contribution in [0, 0.1) is 5.92 Å². The van der Waals surface area contributed by atoms with Gasteiger partial charge < -0.3 is 5.32 Å². The minimum Gasteiger partial charge on any atom is -0.323 e. The molecule has 3 heterocycles. The van der Waals surface area contributed by atoms with Crippen molar-refractivity contribution in [2.45, 2.75) is 45.2 Å². The molecule has 0 aromatic carbocycles. The maximum absolute atomic E-state index is 12.1. The van der Waals surface area contributed by atoms with E-state index in [-0.39, 0.29) is 17.9 Å². The lowest BCUT2D eigenvalue weighted by atomic mass is 9.80. The number of nitrogens with zero attached hydrogens (tertiary/aromatic N) is 2. The number of amides is 3. The molecular formula is C15H22N4O2S. The zero-order valence-electron chi connectivity index (χ0n) is 13.0. The third kappa shape index (κ3) is 2.87. The number of imide groups is 1. The Labute approximate surface area is 134 Å². The van der Waals surface area contributed by atoms with Gasteiger partial charge in [-0.25, -0.2) is 9.78 Å². The number of carbonyl (C=O) groups excluding carboxylic acids is 2. The Balaban J connectivity index is 1.66. The molecule has 0 saturated carbocycles. The Morgan fingerprint density at radius 2 is 2.32 bits per heavy atom. The van der Waals surface area contributed by atoms with Crippen LogP contribution in [0.3, 0.4) is 0 Å². The maximum atomic E-state index is 12.1. The lowest BCUT2D eigenvalue weighted by Crippen LogP contribution is -2.55. The van der Waals surface area contributed by atoms with Crippen molar-refractivity contribution in [3.8, 4) is 0 Å². The molecule has 120 valence electrons. The summed E-state index contributed by atoms with van der Waals surface area (Å²) in [6, 6.07) is -0.378. The first kappa shape index (κ1) is 15.4. The predicted molar refractivity (Wildman–Crippen MR) is 84.6 cm³/mol. The molecule has 2 fully saturated rings. The molecule has 2 saturated heterocycles. The average Bonchev–Trinajstić information content (AvgIpc) is 3.04. The molecule has 22 heavy (non-hydrogen) atoms. The SMILES string of the molecule is CCc1nc(CN2CCCC(C3(C)NC(=O)NC3=O)C2)cs1. The van der Waals surface area contributed by atoms with Crippen molar-refractivity contribution in [2.24, 2.45) is 5.92 Å². The number of hydrogen-bond acceptors (Lipinski definition) is 5. The van der Waals surface area contributed by atoms with Crippen LogP contribution in [0.1, 0.15) is 37.4 Å². The molecule has 0 radical (unpaired) electrons. The highest BCUT2D eigenvalue weighted by molar-refractivity contribution is 7.09. The summed E-state index contributed by atoms with van der Waals surface area (Å²) in [6.07, 6.45) is 2.96. The molecule has 0 bridgehead atoms. The summed E-state index contributed by atoms with van der Waals surface area (Å²) >= 11 is 1.71. The van der Waals surface area contributed by atoms with E-state index < -0.39 is 5.54 Å². The average molecular weight is 322 g/mol. The molecule has 0 aliphatic carbocycles. The standard InChI is InChI=1S/C15H22N4O2S/c1-3-12-16-11(9-22-12)8-19-6-4-5-10(7-19)15(2)13(20)17-14(21)18-15/h9-10H,3-8H2,1-2H3,(H2,17,18,20,21). The minimum atomic E-state index is -0.785. The Bertz CT molecular complexity index is 588. The molecule has 2 aliphatic rings. The summed E-state index contributed by atoms with van der Waals surface area (Å²) in [7, 11) is 0. The van der Waals surface area contributed by atoms with Gasteiger partial charge in [-0.15, -0.1) is 11.3 Å². The van der Waals surface area contributed by atoms with E-state index in [0.29, 0.717) is 0 Å². The highest BCUT2D eigenvalue weighted by atomic mass is 32.1. The molecule has 6 nitrogen and oxygen atoms in total. The molecule has 1 aromatic rings. The fourth-order valence-corrected chi connectivity index (χ4v) is 4.06. The number of nitrogens with one attached hydrogen (secondary N) is 2. The van der Waals surface area contributed by atoms with Gasteiger partial charge in [0.05, 0.1) is 10.7 Å². The lowest BCUT2D eigenvalue weighted by Gasteiger charge is -2.39. The molecule has 2 N–H and O–H groups in total. The molecule has 3 amide bonds. The second-order valence-corrected chi connectivity index (χ2v) is 7.21. The quantitative estimate of drug-likeness (QED) is 0.824. The van der Waals surface area contributed by atoms with E-state index in [1.165, 1.54) is 0 Å². The van der Waals surface area contributed by atoms with Gasteiger partial charge in [0.1, 0.15) is 5.54 Å². The Kier molecular flexibility index (Phi) is 4.18. The van der Waals surface area contributed by atoms with Crippen LogP contribution >= 0.6 is 11.3 Å². The summed E-state index contributed by atoms with van der Waals surface area (Å²) < 4.78 is 0. The van der Waals surface area contributed by atoms with E-state index in [1.54, 1.807) is 11.3 Å². The summed E-state index contributed by atoms with van der Waals surface area (Å²) in [5.74, 6) is -0.0664. The number of thiazole rings is 1. The first-order chi connectivity index (χ1) is 10.5. The molecule has 2 aliphatic heterocycles. The van der Waals surface area contributed by atoms with Gasteiger partial charge in [0.15, 0.2) is 0 Å². The number of rotatable bonds is 4. The summed E-state index contributed by atoms with van der Waals surface area (Å²) in [4.78, 5) is 30.5. The van der Waals surface area contributed by atoms with Crippen LogP contribution in [-0.2, 0) is 17.8 Å². The zero-order valence-corrected chi connectivity index (χ0v) is 13.8. The van der Waals surface area contributed by atoms with Crippen LogP contribution in [0.2, 0.25) is 0 Å². The number of aryl methyl sites for hydroxylation is 1. The van der Waals surface area contributed by atoms with Crippen LogP contribution in [0.15, 0.2) is 5.38 Å². The van der Waals surface area contributed by atoms with Crippen LogP contribution in [-0.4, -0.2) is 40.5 Å². The van der Waals surface area contributed by atoms with E-state index in [1.807, 2.05) is 6.92 Å². The van der Waals surface area contributed by atoms with Gasteiger partial charge in [0, 0.05) is 24.4 Å². The minimum absolute atomic E-state index is 0.136. The van der Waals surface area contributed by atoms with Gasteiger partial charge in [-0.1, -0.05) is 6.92 Å². The molecule has 2 unspecified atom stereocenters. The van der Waals surface area contributed by atoms with E-state index in [0.717, 1.165) is 49.6 Å². The summed E-state index contributed by atoms with van der Waals surface area (Å²) in [5.41, 5.74) is 0.319. The number of aromatic nitrogens is 1. The third-order valence-corrected chi connectivity index (χ3v) is 5.72. The largest absolute Gasteiger partial charge is 0.323 e. The fourth-order valence-electron chi connectivity index (χ4n) is 3.33. The van der Waals surface area contributed by atoms with E-state index in [4.69, 9.17) is 0 Å². The highest BCUT2D eigenvalue weighted by Crippen LogP contribution is 2.30. The monoisotopic (exact) mass is 322 g/mol. The van der Waals surface area contributed by atoms with Crippen LogP contribution in [0.5, 0.6) is 0 Å². The molecule has 0 spiro atoms. The molecular weight excluding hydrogens is 300 g/mol. The van der Waals surface area contributed by atoms with Gasteiger partial charge in [-0.3, -0.25) is 15.0 Å². The van der Waals surface area contributed by atoms with Crippen molar-refractivity contribution in [1.82, 2.24) is 20.5 Å². The number of carbonyl (C=O) groups is 2. The smallest absolute Gasteiger partial charge is 0.322 e. The van der Waals surface area contributed by atoms with Crippen LogP contribution in [0.25, 0.3) is 0 Å². The Hall–Kier alpha value is -1.47. The molecule has 7 heteroatoms. The molecule has 3 rings (SSSR count). The van der Waals surface area contributed by atoms with Crippen LogP contribution in [0.4, 0.5) is 4.79 Å². The van der Waals surface area contributed by atoms with E-state index >= 15 is 0 Å². The van der Waals surface area contributed by atoms with Crippen molar-refractivity contribution >= 4 is 23.3 Å². The highest BCUT2D eigenvalue weighted by Gasteiger charge is 2.48. The second kappa shape index (κ2) is 5.96. The summed E-state index contributed by atoms with van der Waals surface area (Å²) in [5, 5.41) is 8.45. The first-order valence-electron chi connectivity index (χ1n) is 7.80. The third-order valence-electron chi connectivity index (χ3n) is 4.68. The van der Waals surface area contributed by atoms with Gasteiger partial charge in [-0.2, -0.15) is 0 Å². The van der Waals surface area contributed by atoms with Crippen molar-refractivity contribution in [2.75, 3.05) is 13.1 Å². The Morgan fingerprint density at radius 3 is 2.95 bits per heavy atom. The lowest BCUT2D eigenvalue weighted by molar-refractivity contribution is -0.126. The first-order valence-corrected chi connectivity index (χ1v) is 8.68. The zero-order chi connectivity index (χ0) is 15.7. The van der Waals surface area contributed by atoms with E-state index in [9.17, 15) is 9.59 Å². The predicted octanol–water partition coefficient (Wildman–Crippen LogP) is 1.52. The normalized spacial score (nSPS) is 29.5. The topological polar surface area (TPSA) is 74.3 Å². The Morgan fingerprint density at radius 1 is 1.50 bits per heavy atom. The number of hydrogen-bond donors (Lipinski definition) is 2. The number of piperidine rings is 1. The van der Waals surface area contributed by atoms with Crippen molar-refractivity contribution < 1.29 is 9.59 Å². The maximum Gasteiger partial charge on any atom is 0.322 e. The van der Waals surface area contributed by atoms with E-state index in [2.05, 4.69) is 32.8 Å².